The molecule has 0 aliphatic heterocycles. The van der Waals surface area contributed by atoms with Crippen LogP contribution in [-0.4, -0.2) is 12.6 Å². The molecule has 1 heterocycles. The van der Waals surface area contributed by atoms with Crippen molar-refractivity contribution < 1.29 is 4.74 Å². The van der Waals surface area contributed by atoms with Crippen LogP contribution in [0.2, 0.25) is 0 Å². The molecular weight excluding hydrogens is 266 g/mol. The number of rotatable bonds is 7. The third-order valence-corrected chi connectivity index (χ3v) is 4.82. The number of ether oxygens (including phenoxy) is 1. The highest BCUT2D eigenvalue weighted by atomic mass is 32.1. The lowest BCUT2D eigenvalue weighted by molar-refractivity contribution is 0.0975. The van der Waals surface area contributed by atoms with Crippen molar-refractivity contribution in [1.82, 2.24) is 5.32 Å². The van der Waals surface area contributed by atoms with Crippen molar-refractivity contribution in [1.29, 1.82) is 0 Å². The highest BCUT2D eigenvalue weighted by molar-refractivity contribution is 7.19. The predicted molar refractivity (Wildman–Crippen MR) is 86.2 cm³/mol. The number of nitrogens with one attached hydrogen (secondary N) is 1. The van der Waals surface area contributed by atoms with E-state index in [0.717, 1.165) is 25.8 Å². The molecular formula is C17H23NOS. The Morgan fingerprint density at radius 3 is 2.85 bits per heavy atom. The van der Waals surface area contributed by atoms with Crippen LogP contribution in [0.25, 0.3) is 10.1 Å². The van der Waals surface area contributed by atoms with Crippen molar-refractivity contribution in [2.24, 2.45) is 5.92 Å². The Kier molecular flexibility index (Phi) is 4.39. The molecule has 20 heavy (non-hydrogen) atoms. The van der Waals surface area contributed by atoms with Crippen LogP contribution in [-0.2, 0) is 17.9 Å². The van der Waals surface area contributed by atoms with E-state index in [0.29, 0.717) is 5.92 Å². The summed E-state index contributed by atoms with van der Waals surface area (Å²) in [5.74, 6) is 0.591. The van der Waals surface area contributed by atoms with Crippen LogP contribution < -0.4 is 5.32 Å². The Morgan fingerprint density at radius 1 is 1.30 bits per heavy atom. The summed E-state index contributed by atoms with van der Waals surface area (Å²) in [6.07, 6.45) is 2.67. The van der Waals surface area contributed by atoms with Crippen LogP contribution in [0.4, 0.5) is 0 Å². The van der Waals surface area contributed by atoms with Gasteiger partial charge in [-0.3, -0.25) is 0 Å². The van der Waals surface area contributed by atoms with E-state index in [1.54, 1.807) is 0 Å². The second kappa shape index (κ2) is 6.25. The molecule has 3 heteroatoms. The van der Waals surface area contributed by atoms with Gasteiger partial charge in [-0.25, -0.2) is 0 Å². The number of thiophene rings is 1. The van der Waals surface area contributed by atoms with Gasteiger partial charge in [-0.05, 0) is 30.2 Å². The molecule has 1 aliphatic rings. The first-order chi connectivity index (χ1) is 9.74. The Balaban J connectivity index is 1.78. The molecule has 1 N–H and O–H groups in total. The van der Waals surface area contributed by atoms with E-state index < -0.39 is 0 Å². The van der Waals surface area contributed by atoms with Gasteiger partial charge in [-0.1, -0.05) is 32.0 Å². The van der Waals surface area contributed by atoms with Crippen molar-refractivity contribution in [3.8, 4) is 0 Å². The predicted octanol–water partition coefficient (Wildman–Crippen LogP) is 4.33. The maximum Gasteiger partial charge on any atom is 0.0734 e. The minimum Gasteiger partial charge on any atom is -0.376 e. The number of hydrogen-bond acceptors (Lipinski definition) is 3. The molecule has 1 aromatic heterocycles. The minimum absolute atomic E-state index is 0.591. The molecule has 108 valence electrons. The number of fused-ring (bicyclic) bond motifs is 1. The normalized spacial score (nSPS) is 15.3. The summed E-state index contributed by atoms with van der Waals surface area (Å²) in [5.41, 5.74) is 1.39. The van der Waals surface area contributed by atoms with Gasteiger partial charge in [0.25, 0.3) is 0 Å². The molecule has 0 atom stereocenters. The fourth-order valence-electron chi connectivity index (χ4n) is 2.37. The zero-order valence-corrected chi connectivity index (χ0v) is 13.1. The molecule has 2 nitrogen and oxygen atoms in total. The fraction of sp³-hybridized carbons (Fsp3) is 0.529. The van der Waals surface area contributed by atoms with E-state index >= 15 is 0 Å². The first-order valence-corrected chi connectivity index (χ1v) is 8.36. The van der Waals surface area contributed by atoms with Crippen molar-refractivity contribution in [3.05, 3.63) is 34.7 Å². The zero-order valence-electron chi connectivity index (χ0n) is 12.3. The summed E-state index contributed by atoms with van der Waals surface area (Å²) < 4.78 is 7.27. The molecule has 1 fully saturated rings. The van der Waals surface area contributed by atoms with Crippen molar-refractivity contribution in [2.45, 2.75) is 45.9 Å². The Hall–Kier alpha value is -0.900. The van der Waals surface area contributed by atoms with Gasteiger partial charge in [0.05, 0.1) is 6.61 Å². The lowest BCUT2D eigenvalue weighted by Crippen LogP contribution is -2.15. The maximum atomic E-state index is 5.89. The van der Waals surface area contributed by atoms with Crippen LogP contribution in [0.15, 0.2) is 24.3 Å². The second-order valence-corrected chi connectivity index (χ2v) is 7.20. The van der Waals surface area contributed by atoms with E-state index in [2.05, 4.69) is 43.4 Å². The van der Waals surface area contributed by atoms with Gasteiger partial charge in [-0.2, -0.15) is 0 Å². The van der Waals surface area contributed by atoms with Crippen LogP contribution in [0.3, 0.4) is 0 Å². The van der Waals surface area contributed by atoms with Gasteiger partial charge >= 0.3 is 0 Å². The summed E-state index contributed by atoms with van der Waals surface area (Å²) in [7, 11) is 0. The van der Waals surface area contributed by atoms with Gasteiger partial charge in [0.1, 0.15) is 0 Å². The molecule has 1 saturated carbocycles. The molecule has 0 radical (unpaired) electrons. The second-order valence-electron chi connectivity index (χ2n) is 6.06. The SMILES string of the molecule is CC(C)COCc1c(CNC2CC2)sc2ccccc12. The van der Waals surface area contributed by atoms with E-state index in [4.69, 9.17) is 4.74 Å². The highest BCUT2D eigenvalue weighted by Crippen LogP contribution is 2.32. The third-order valence-electron chi connectivity index (χ3n) is 3.61. The van der Waals surface area contributed by atoms with Gasteiger partial charge in [-0.15, -0.1) is 11.3 Å². The summed E-state index contributed by atoms with van der Waals surface area (Å²) in [6.45, 7) is 6.95. The average Bonchev–Trinajstić information content (AvgIpc) is 3.19. The molecule has 0 unspecified atom stereocenters. The summed E-state index contributed by atoms with van der Waals surface area (Å²) in [5, 5.41) is 5.00. The molecule has 0 spiro atoms. The summed E-state index contributed by atoms with van der Waals surface area (Å²) in [6, 6.07) is 9.44. The minimum atomic E-state index is 0.591. The monoisotopic (exact) mass is 289 g/mol. The van der Waals surface area contributed by atoms with Gasteiger partial charge in [0.2, 0.25) is 0 Å². The largest absolute Gasteiger partial charge is 0.376 e. The maximum absolute atomic E-state index is 5.89. The van der Waals surface area contributed by atoms with Gasteiger partial charge < -0.3 is 10.1 Å². The standard InChI is InChI=1S/C17H23NOS/c1-12(2)10-19-11-15-14-5-3-4-6-16(14)20-17(15)9-18-13-7-8-13/h3-6,12-13,18H,7-11H2,1-2H3. The first kappa shape index (κ1) is 14.1. The first-order valence-electron chi connectivity index (χ1n) is 7.54. The molecule has 3 rings (SSSR count). The van der Waals surface area contributed by atoms with Crippen LogP contribution in [0.1, 0.15) is 37.1 Å². The fourth-order valence-corrected chi connectivity index (χ4v) is 3.53. The Bertz CT molecular complexity index is 571. The summed E-state index contributed by atoms with van der Waals surface area (Å²) in [4.78, 5) is 1.45. The van der Waals surface area contributed by atoms with Crippen molar-refractivity contribution >= 4 is 21.4 Å². The number of benzene rings is 1. The van der Waals surface area contributed by atoms with E-state index in [1.165, 1.54) is 33.4 Å². The van der Waals surface area contributed by atoms with E-state index in [-0.39, 0.29) is 0 Å². The highest BCUT2D eigenvalue weighted by Gasteiger charge is 2.21. The smallest absolute Gasteiger partial charge is 0.0734 e. The average molecular weight is 289 g/mol. The van der Waals surface area contributed by atoms with Crippen LogP contribution in [0, 0.1) is 5.92 Å². The summed E-state index contributed by atoms with van der Waals surface area (Å²) >= 11 is 1.91. The van der Waals surface area contributed by atoms with E-state index in [1.807, 2.05) is 11.3 Å². The van der Waals surface area contributed by atoms with E-state index in [9.17, 15) is 0 Å². The third kappa shape index (κ3) is 3.40. The molecule has 0 saturated heterocycles. The zero-order chi connectivity index (χ0) is 13.9. The Labute approximate surface area is 125 Å². The Morgan fingerprint density at radius 2 is 2.10 bits per heavy atom. The molecule has 0 bridgehead atoms. The molecule has 1 aliphatic carbocycles. The molecule has 1 aromatic carbocycles. The lowest BCUT2D eigenvalue weighted by atomic mass is 10.1. The molecule has 2 aromatic rings. The van der Waals surface area contributed by atoms with Crippen LogP contribution in [0.5, 0.6) is 0 Å². The van der Waals surface area contributed by atoms with Crippen molar-refractivity contribution in [3.63, 3.8) is 0 Å². The van der Waals surface area contributed by atoms with Crippen LogP contribution >= 0.6 is 11.3 Å². The van der Waals surface area contributed by atoms with Gasteiger partial charge in [0, 0.05) is 34.3 Å². The topological polar surface area (TPSA) is 21.3 Å². The van der Waals surface area contributed by atoms with Gasteiger partial charge in [0.15, 0.2) is 0 Å². The molecule has 0 amide bonds. The van der Waals surface area contributed by atoms with Crippen molar-refractivity contribution in [2.75, 3.05) is 6.61 Å². The quantitative estimate of drug-likeness (QED) is 0.819. The lowest BCUT2D eigenvalue weighted by Gasteiger charge is -2.09. The number of hydrogen-bond donors (Lipinski definition) is 1.